The molecule has 0 bridgehead atoms. The number of amides is 1. The summed E-state index contributed by atoms with van der Waals surface area (Å²) in [5.41, 5.74) is 2.44. The monoisotopic (exact) mass is 415 g/mol. The normalized spacial score (nSPS) is 19.2. The van der Waals surface area contributed by atoms with Crippen LogP contribution in [0.3, 0.4) is 0 Å². The lowest BCUT2D eigenvalue weighted by Crippen LogP contribution is -2.45. The summed E-state index contributed by atoms with van der Waals surface area (Å²) < 4.78 is 27.4. The highest BCUT2D eigenvalue weighted by Crippen LogP contribution is 2.28. The van der Waals surface area contributed by atoms with Crippen LogP contribution in [0, 0.1) is 5.92 Å². The Bertz CT molecular complexity index is 761. The molecule has 152 valence electrons. The Hall–Kier alpha value is -1.15. The third-order valence-corrected chi connectivity index (χ3v) is 7.50. The SMILES string of the molecule is CNC(C)CNC(=O)C1CCN(S(=O)(=O)c2ccc3c(c2)CCC3)CC1.Cl. The van der Waals surface area contributed by atoms with Gasteiger partial charge < -0.3 is 10.6 Å². The van der Waals surface area contributed by atoms with E-state index >= 15 is 0 Å². The molecule has 6 nitrogen and oxygen atoms in total. The summed E-state index contributed by atoms with van der Waals surface area (Å²) in [7, 11) is -1.61. The number of halogens is 1. The molecule has 0 aromatic heterocycles. The van der Waals surface area contributed by atoms with E-state index in [4.69, 9.17) is 0 Å². The van der Waals surface area contributed by atoms with Gasteiger partial charge in [0.2, 0.25) is 15.9 Å². The second-order valence-corrected chi connectivity index (χ2v) is 9.34. The van der Waals surface area contributed by atoms with Crippen LogP contribution in [0.1, 0.15) is 37.3 Å². The van der Waals surface area contributed by atoms with E-state index in [1.807, 2.05) is 26.1 Å². The van der Waals surface area contributed by atoms with Crippen molar-refractivity contribution >= 4 is 28.3 Å². The van der Waals surface area contributed by atoms with Crippen LogP contribution in [-0.4, -0.2) is 51.4 Å². The van der Waals surface area contributed by atoms with E-state index in [1.165, 1.54) is 15.4 Å². The molecule has 8 heteroatoms. The first-order valence-corrected chi connectivity index (χ1v) is 10.9. The van der Waals surface area contributed by atoms with Gasteiger partial charge in [-0.25, -0.2) is 8.42 Å². The lowest BCUT2D eigenvalue weighted by molar-refractivity contribution is -0.126. The maximum Gasteiger partial charge on any atom is 0.243 e. The Balaban J connectivity index is 0.00000261. The number of hydrogen-bond donors (Lipinski definition) is 2. The van der Waals surface area contributed by atoms with Gasteiger partial charge in [-0.15, -0.1) is 12.4 Å². The van der Waals surface area contributed by atoms with Crippen LogP contribution in [0.2, 0.25) is 0 Å². The minimum Gasteiger partial charge on any atom is -0.354 e. The van der Waals surface area contributed by atoms with E-state index in [-0.39, 0.29) is 30.3 Å². The molecule has 27 heavy (non-hydrogen) atoms. The molecule has 0 spiro atoms. The molecule has 1 aliphatic heterocycles. The highest BCUT2D eigenvalue weighted by molar-refractivity contribution is 7.89. The molecule has 0 saturated carbocycles. The predicted octanol–water partition coefficient (Wildman–Crippen LogP) is 1.72. The van der Waals surface area contributed by atoms with Crippen molar-refractivity contribution in [3.05, 3.63) is 29.3 Å². The van der Waals surface area contributed by atoms with Crippen molar-refractivity contribution in [3.63, 3.8) is 0 Å². The first kappa shape index (κ1) is 22.1. The van der Waals surface area contributed by atoms with Gasteiger partial charge in [-0.2, -0.15) is 4.31 Å². The number of benzene rings is 1. The van der Waals surface area contributed by atoms with E-state index in [1.54, 1.807) is 6.07 Å². The molecule has 0 radical (unpaired) electrons. The number of carbonyl (C=O) groups excluding carboxylic acids is 1. The van der Waals surface area contributed by atoms with E-state index in [0.29, 0.717) is 37.4 Å². The number of nitrogens with one attached hydrogen (secondary N) is 2. The molecular weight excluding hydrogens is 386 g/mol. The number of nitrogens with zero attached hydrogens (tertiary/aromatic N) is 1. The summed E-state index contributed by atoms with van der Waals surface area (Å²) in [6, 6.07) is 5.75. The maximum absolute atomic E-state index is 12.9. The first-order chi connectivity index (χ1) is 12.4. The number of carbonyl (C=O) groups is 1. The van der Waals surface area contributed by atoms with Gasteiger partial charge in [0.05, 0.1) is 4.90 Å². The topological polar surface area (TPSA) is 78.5 Å². The van der Waals surface area contributed by atoms with Crippen molar-refractivity contribution in [2.75, 3.05) is 26.7 Å². The molecule has 1 unspecified atom stereocenters. The van der Waals surface area contributed by atoms with Crippen molar-refractivity contribution in [2.24, 2.45) is 5.92 Å². The molecule has 2 aliphatic rings. The first-order valence-electron chi connectivity index (χ1n) is 9.48. The standard InChI is InChI=1S/C19H29N3O3S.ClH/c1-14(20-2)13-21-19(23)16-8-10-22(11-9-16)26(24,25)18-7-6-15-4-3-5-17(15)12-18;/h6-7,12,14,16,20H,3-5,8-11,13H2,1-2H3,(H,21,23);1H. The molecule has 1 fully saturated rings. The third-order valence-electron chi connectivity index (χ3n) is 5.61. The zero-order valence-electron chi connectivity index (χ0n) is 16.0. The highest BCUT2D eigenvalue weighted by Gasteiger charge is 2.32. The van der Waals surface area contributed by atoms with E-state index < -0.39 is 10.0 Å². The van der Waals surface area contributed by atoms with Gasteiger partial charge in [-0.05, 0) is 69.3 Å². The van der Waals surface area contributed by atoms with Crippen molar-refractivity contribution in [1.82, 2.24) is 14.9 Å². The van der Waals surface area contributed by atoms with Crippen LogP contribution < -0.4 is 10.6 Å². The van der Waals surface area contributed by atoms with Gasteiger partial charge >= 0.3 is 0 Å². The minimum atomic E-state index is -3.47. The number of piperidine rings is 1. The highest BCUT2D eigenvalue weighted by atomic mass is 35.5. The summed E-state index contributed by atoms with van der Waals surface area (Å²) in [6.07, 6.45) is 4.26. The molecule has 2 N–H and O–H groups in total. The summed E-state index contributed by atoms with van der Waals surface area (Å²) in [5.74, 6) is -0.0767. The van der Waals surface area contributed by atoms with Gasteiger partial charge in [0.25, 0.3) is 0 Å². The van der Waals surface area contributed by atoms with Crippen LogP contribution in [-0.2, 0) is 27.7 Å². The summed E-state index contributed by atoms with van der Waals surface area (Å²) in [6.45, 7) is 3.40. The Morgan fingerprint density at radius 1 is 1.22 bits per heavy atom. The van der Waals surface area contributed by atoms with Gasteiger partial charge in [-0.1, -0.05) is 6.07 Å². The lowest BCUT2D eigenvalue weighted by Gasteiger charge is -2.31. The van der Waals surface area contributed by atoms with E-state index in [0.717, 1.165) is 19.3 Å². The maximum atomic E-state index is 12.9. The second kappa shape index (κ2) is 9.37. The number of aryl methyl sites for hydroxylation is 2. The second-order valence-electron chi connectivity index (χ2n) is 7.40. The van der Waals surface area contributed by atoms with Gasteiger partial charge in [0, 0.05) is 31.6 Å². The quantitative estimate of drug-likeness (QED) is 0.741. The fraction of sp³-hybridized carbons (Fsp3) is 0.632. The van der Waals surface area contributed by atoms with Crippen molar-refractivity contribution < 1.29 is 13.2 Å². The summed E-state index contributed by atoms with van der Waals surface area (Å²) in [4.78, 5) is 12.7. The smallest absolute Gasteiger partial charge is 0.243 e. The number of hydrogen-bond acceptors (Lipinski definition) is 4. The Morgan fingerprint density at radius 2 is 1.89 bits per heavy atom. The van der Waals surface area contributed by atoms with Gasteiger partial charge in [0.1, 0.15) is 0 Å². The van der Waals surface area contributed by atoms with Crippen LogP contribution in [0.5, 0.6) is 0 Å². The number of sulfonamides is 1. The molecular formula is C19H30ClN3O3S. The van der Waals surface area contributed by atoms with Gasteiger partial charge in [0.15, 0.2) is 0 Å². The third kappa shape index (κ3) is 5.02. The van der Waals surface area contributed by atoms with Gasteiger partial charge in [-0.3, -0.25) is 4.79 Å². The fourth-order valence-corrected chi connectivity index (χ4v) is 5.24. The number of rotatable bonds is 6. The Labute approximate surface area is 168 Å². The Kier molecular flexibility index (Phi) is 7.68. The molecule has 3 rings (SSSR count). The van der Waals surface area contributed by atoms with Crippen molar-refractivity contribution in [3.8, 4) is 0 Å². The molecule has 1 amide bonds. The zero-order chi connectivity index (χ0) is 18.7. The van der Waals surface area contributed by atoms with Crippen molar-refractivity contribution in [2.45, 2.75) is 50.0 Å². The van der Waals surface area contributed by atoms with E-state index in [9.17, 15) is 13.2 Å². The zero-order valence-corrected chi connectivity index (χ0v) is 17.7. The van der Waals surface area contributed by atoms with Crippen LogP contribution in [0.4, 0.5) is 0 Å². The Morgan fingerprint density at radius 3 is 2.56 bits per heavy atom. The van der Waals surface area contributed by atoms with Crippen LogP contribution in [0.25, 0.3) is 0 Å². The average molecular weight is 416 g/mol. The molecule has 1 aromatic carbocycles. The summed E-state index contributed by atoms with van der Waals surface area (Å²) >= 11 is 0. The fourth-order valence-electron chi connectivity index (χ4n) is 3.72. The molecule has 1 aromatic rings. The van der Waals surface area contributed by atoms with Crippen molar-refractivity contribution in [1.29, 1.82) is 0 Å². The number of likely N-dealkylation sites (N-methyl/N-ethyl adjacent to an activating group) is 1. The largest absolute Gasteiger partial charge is 0.354 e. The number of fused-ring (bicyclic) bond motifs is 1. The van der Waals surface area contributed by atoms with E-state index in [2.05, 4.69) is 10.6 Å². The molecule has 1 atom stereocenters. The lowest BCUT2D eigenvalue weighted by atomic mass is 9.97. The molecule has 1 saturated heterocycles. The molecule has 1 aliphatic carbocycles. The van der Waals surface area contributed by atoms with Crippen LogP contribution >= 0.6 is 12.4 Å². The average Bonchev–Trinajstić information content (AvgIpc) is 3.13. The minimum absolute atomic E-state index is 0. The molecule has 1 heterocycles. The predicted molar refractivity (Wildman–Crippen MR) is 109 cm³/mol. The van der Waals surface area contributed by atoms with Crippen LogP contribution in [0.15, 0.2) is 23.1 Å². The summed E-state index contributed by atoms with van der Waals surface area (Å²) in [5, 5.41) is 6.03.